The van der Waals surface area contributed by atoms with Crippen LogP contribution in [0.1, 0.15) is 5.56 Å². The van der Waals surface area contributed by atoms with Crippen molar-refractivity contribution in [1.29, 1.82) is 0 Å². The zero-order valence-electron chi connectivity index (χ0n) is 14.3. The van der Waals surface area contributed by atoms with Crippen LogP contribution in [0, 0.1) is 5.82 Å². The lowest BCUT2D eigenvalue weighted by Gasteiger charge is -2.13. The van der Waals surface area contributed by atoms with E-state index < -0.39 is 12.2 Å². The highest BCUT2D eigenvalue weighted by atomic mass is 19.1. The summed E-state index contributed by atoms with van der Waals surface area (Å²) in [4.78, 5) is 25.6. The number of anilines is 1. The van der Waals surface area contributed by atoms with E-state index in [0.717, 1.165) is 0 Å². The molecule has 1 N–H and O–H groups in total. The Morgan fingerprint density at radius 2 is 1.93 bits per heavy atom. The molecule has 2 aliphatic rings. The fourth-order valence-corrected chi connectivity index (χ4v) is 2.97. The number of nitrogens with zero attached hydrogens (tertiary/aromatic N) is 1. The van der Waals surface area contributed by atoms with Crippen LogP contribution in [-0.2, 0) is 16.0 Å². The Hall–Kier alpha value is -3.29. The molecular weight excluding hydrogens is 355 g/mol. The second-order valence-electron chi connectivity index (χ2n) is 6.26. The van der Waals surface area contributed by atoms with Gasteiger partial charge in [0.05, 0.1) is 25.2 Å². The summed E-state index contributed by atoms with van der Waals surface area (Å²) >= 11 is 0. The molecule has 140 valence electrons. The van der Waals surface area contributed by atoms with Gasteiger partial charge in [-0.15, -0.1) is 0 Å². The molecule has 2 aromatic carbocycles. The van der Waals surface area contributed by atoms with Crippen LogP contribution >= 0.6 is 0 Å². The fraction of sp³-hybridized carbons (Fsp3) is 0.263. The Labute approximate surface area is 154 Å². The molecule has 2 amide bonds. The molecule has 0 aliphatic carbocycles. The fourth-order valence-electron chi connectivity index (χ4n) is 2.97. The van der Waals surface area contributed by atoms with Crippen molar-refractivity contribution in [3.63, 3.8) is 0 Å². The van der Waals surface area contributed by atoms with E-state index in [1.165, 1.54) is 17.0 Å². The topological polar surface area (TPSA) is 77.1 Å². The summed E-state index contributed by atoms with van der Waals surface area (Å²) in [5.74, 6) is 0.645. The summed E-state index contributed by atoms with van der Waals surface area (Å²) < 4.78 is 28.8. The highest BCUT2D eigenvalue weighted by Crippen LogP contribution is 2.36. The molecule has 7 nitrogen and oxygen atoms in total. The Balaban J connectivity index is 1.31. The molecule has 4 rings (SSSR count). The number of hydrogen-bond acceptors (Lipinski definition) is 5. The zero-order valence-corrected chi connectivity index (χ0v) is 14.3. The smallest absolute Gasteiger partial charge is 0.414 e. The van der Waals surface area contributed by atoms with Gasteiger partial charge in [0.2, 0.25) is 12.7 Å². The normalized spacial score (nSPS) is 17.7. The average molecular weight is 372 g/mol. The Kier molecular flexibility index (Phi) is 4.53. The molecule has 0 bridgehead atoms. The van der Waals surface area contributed by atoms with Crippen LogP contribution in [0.2, 0.25) is 0 Å². The van der Waals surface area contributed by atoms with E-state index in [0.29, 0.717) is 29.3 Å². The van der Waals surface area contributed by atoms with E-state index in [1.54, 1.807) is 30.3 Å². The molecule has 1 atom stereocenters. The standard InChI is InChI=1S/C19H17FN2O5/c20-13-3-1-12(2-4-13)7-18(23)21-9-15-10-22(19(24)27-15)14-5-6-16-17(8-14)26-11-25-16/h1-6,8,15H,7,9-11H2,(H,21,23)/t15-/m0/s1. The largest absolute Gasteiger partial charge is 0.454 e. The highest BCUT2D eigenvalue weighted by molar-refractivity contribution is 5.90. The van der Waals surface area contributed by atoms with E-state index in [-0.39, 0.29) is 31.5 Å². The number of fused-ring (bicyclic) bond motifs is 1. The SMILES string of the molecule is O=C(Cc1ccc(F)cc1)NC[C@H]1CN(c2ccc3c(c2)OCO3)C(=O)O1. The number of hydrogen-bond donors (Lipinski definition) is 1. The molecule has 1 fully saturated rings. The third kappa shape index (κ3) is 3.79. The van der Waals surface area contributed by atoms with Crippen LogP contribution in [0.4, 0.5) is 14.9 Å². The lowest BCUT2D eigenvalue weighted by atomic mass is 10.1. The van der Waals surface area contributed by atoms with Gasteiger partial charge in [0, 0.05) is 6.07 Å². The predicted molar refractivity (Wildman–Crippen MR) is 93.3 cm³/mol. The van der Waals surface area contributed by atoms with E-state index in [1.807, 2.05) is 0 Å². The summed E-state index contributed by atoms with van der Waals surface area (Å²) in [5.41, 5.74) is 1.35. The van der Waals surface area contributed by atoms with Gasteiger partial charge in [-0.2, -0.15) is 0 Å². The second kappa shape index (κ2) is 7.14. The van der Waals surface area contributed by atoms with Gasteiger partial charge in [-0.3, -0.25) is 9.69 Å². The first-order valence-corrected chi connectivity index (χ1v) is 8.47. The molecule has 0 unspecified atom stereocenters. The lowest BCUT2D eigenvalue weighted by molar-refractivity contribution is -0.120. The molecular formula is C19H17FN2O5. The number of nitrogens with one attached hydrogen (secondary N) is 1. The Bertz CT molecular complexity index is 871. The van der Waals surface area contributed by atoms with Crippen molar-refractivity contribution in [3.8, 4) is 11.5 Å². The highest BCUT2D eigenvalue weighted by Gasteiger charge is 2.33. The second-order valence-corrected chi connectivity index (χ2v) is 6.26. The summed E-state index contributed by atoms with van der Waals surface area (Å²) in [5, 5.41) is 2.74. The van der Waals surface area contributed by atoms with Gasteiger partial charge < -0.3 is 19.5 Å². The molecule has 2 aliphatic heterocycles. The van der Waals surface area contributed by atoms with E-state index in [4.69, 9.17) is 14.2 Å². The predicted octanol–water partition coefficient (Wildman–Crippen LogP) is 2.24. The molecule has 8 heteroatoms. The van der Waals surface area contributed by atoms with Crippen molar-refractivity contribution in [2.75, 3.05) is 24.8 Å². The summed E-state index contributed by atoms with van der Waals surface area (Å²) in [6, 6.07) is 11.0. The molecule has 0 spiro atoms. The summed E-state index contributed by atoms with van der Waals surface area (Å²) in [6.07, 6.45) is -0.806. The van der Waals surface area contributed by atoms with Crippen molar-refractivity contribution >= 4 is 17.7 Å². The number of amides is 2. The third-order valence-electron chi connectivity index (χ3n) is 4.35. The van der Waals surface area contributed by atoms with Crippen LogP contribution < -0.4 is 19.7 Å². The van der Waals surface area contributed by atoms with Crippen molar-refractivity contribution in [2.24, 2.45) is 0 Å². The number of carbonyl (C=O) groups is 2. The maximum atomic E-state index is 12.9. The van der Waals surface area contributed by atoms with Gasteiger partial charge in [0.25, 0.3) is 0 Å². The van der Waals surface area contributed by atoms with Gasteiger partial charge in [-0.1, -0.05) is 12.1 Å². The minimum atomic E-state index is -0.480. The number of cyclic esters (lactones) is 1. The van der Waals surface area contributed by atoms with Crippen molar-refractivity contribution in [2.45, 2.75) is 12.5 Å². The van der Waals surface area contributed by atoms with E-state index >= 15 is 0 Å². The molecule has 0 aromatic heterocycles. The first kappa shape index (κ1) is 17.1. The monoisotopic (exact) mass is 372 g/mol. The molecule has 1 saturated heterocycles. The van der Waals surface area contributed by atoms with Crippen LogP contribution in [0.3, 0.4) is 0 Å². The number of ether oxygens (including phenoxy) is 3. The molecule has 2 heterocycles. The number of rotatable bonds is 5. The molecule has 2 aromatic rings. The minimum absolute atomic E-state index is 0.132. The van der Waals surface area contributed by atoms with Gasteiger partial charge in [0.1, 0.15) is 11.9 Å². The summed E-state index contributed by atoms with van der Waals surface area (Å²) in [6.45, 7) is 0.675. The number of carbonyl (C=O) groups excluding carboxylic acids is 2. The van der Waals surface area contributed by atoms with Crippen LogP contribution in [0.5, 0.6) is 11.5 Å². The maximum absolute atomic E-state index is 12.9. The zero-order chi connectivity index (χ0) is 18.8. The lowest BCUT2D eigenvalue weighted by Crippen LogP contribution is -2.35. The third-order valence-corrected chi connectivity index (χ3v) is 4.35. The van der Waals surface area contributed by atoms with E-state index in [9.17, 15) is 14.0 Å². The van der Waals surface area contributed by atoms with Gasteiger partial charge in [0.15, 0.2) is 11.5 Å². The quantitative estimate of drug-likeness (QED) is 0.871. The van der Waals surface area contributed by atoms with Crippen LogP contribution in [0.15, 0.2) is 42.5 Å². The van der Waals surface area contributed by atoms with Gasteiger partial charge in [-0.25, -0.2) is 9.18 Å². The number of benzene rings is 2. The molecule has 0 saturated carbocycles. The van der Waals surface area contributed by atoms with Crippen molar-refractivity contribution in [3.05, 3.63) is 53.8 Å². The van der Waals surface area contributed by atoms with Gasteiger partial charge in [-0.05, 0) is 29.8 Å². The maximum Gasteiger partial charge on any atom is 0.414 e. The Morgan fingerprint density at radius 3 is 2.74 bits per heavy atom. The first-order valence-electron chi connectivity index (χ1n) is 8.47. The summed E-state index contributed by atoms with van der Waals surface area (Å²) in [7, 11) is 0. The minimum Gasteiger partial charge on any atom is -0.454 e. The van der Waals surface area contributed by atoms with E-state index in [2.05, 4.69) is 5.32 Å². The molecule has 0 radical (unpaired) electrons. The Morgan fingerprint density at radius 1 is 1.15 bits per heavy atom. The average Bonchev–Trinajstić information content (AvgIpc) is 3.27. The van der Waals surface area contributed by atoms with Crippen LogP contribution in [0.25, 0.3) is 0 Å². The van der Waals surface area contributed by atoms with Crippen molar-refractivity contribution < 1.29 is 28.2 Å². The molecule has 27 heavy (non-hydrogen) atoms. The number of halogens is 1. The van der Waals surface area contributed by atoms with Crippen LogP contribution in [-0.4, -0.2) is 38.0 Å². The van der Waals surface area contributed by atoms with Crippen molar-refractivity contribution in [1.82, 2.24) is 5.32 Å². The first-order chi connectivity index (χ1) is 13.1. The van der Waals surface area contributed by atoms with Gasteiger partial charge >= 0.3 is 6.09 Å².